The Morgan fingerprint density at radius 2 is 1.97 bits per heavy atom. The number of halogens is 1. The van der Waals surface area contributed by atoms with Crippen molar-refractivity contribution in [1.29, 1.82) is 5.26 Å². The van der Waals surface area contributed by atoms with Crippen LogP contribution in [0.4, 0.5) is 5.69 Å². The van der Waals surface area contributed by atoms with E-state index in [1.54, 1.807) is 24.3 Å². The lowest BCUT2D eigenvalue weighted by Gasteiger charge is -2.10. The molecule has 0 aliphatic heterocycles. The summed E-state index contributed by atoms with van der Waals surface area (Å²) < 4.78 is 27.6. The molecule has 0 heterocycles. The highest BCUT2D eigenvalue weighted by Gasteiger charge is 2.13. The lowest BCUT2D eigenvalue weighted by molar-refractivity contribution is -0.112. The van der Waals surface area contributed by atoms with Gasteiger partial charge < -0.3 is 15.4 Å². The van der Waals surface area contributed by atoms with Gasteiger partial charge in [0.1, 0.15) is 17.4 Å². The largest absolute Gasteiger partial charge is 0.495 e. The van der Waals surface area contributed by atoms with Crippen LogP contribution in [0, 0.1) is 11.3 Å². The number of nitrogens with zero attached hydrogens (tertiary/aromatic N) is 1. The number of carbonyl (C=O) groups excluding carboxylic acids is 1. The first-order valence-corrected chi connectivity index (χ1v) is 10.3. The number of sulfonamides is 1. The molecular formula is C19H19ClN4O4S. The summed E-state index contributed by atoms with van der Waals surface area (Å²) in [5.74, 6) is -0.200. The molecule has 10 heteroatoms. The molecule has 29 heavy (non-hydrogen) atoms. The van der Waals surface area contributed by atoms with Crippen molar-refractivity contribution in [3.05, 3.63) is 64.8 Å². The lowest BCUT2D eigenvalue weighted by Crippen LogP contribution is -2.18. The first kappa shape index (κ1) is 22.2. The Labute approximate surface area is 174 Å². The van der Waals surface area contributed by atoms with Crippen molar-refractivity contribution in [2.45, 2.75) is 11.3 Å². The Morgan fingerprint density at radius 3 is 2.55 bits per heavy atom. The van der Waals surface area contributed by atoms with E-state index in [1.807, 2.05) is 6.07 Å². The third-order valence-electron chi connectivity index (χ3n) is 3.83. The third-order valence-corrected chi connectivity index (χ3v) is 5.00. The zero-order chi connectivity index (χ0) is 21.4. The summed E-state index contributed by atoms with van der Waals surface area (Å²) in [5.41, 5.74) is 1.09. The standard InChI is InChI=1S/C19H19ClN4O4S/c1-28-18-7-4-15(20)10-17(18)24-19(25)14(11-21)12-23-9-8-13-2-5-16(6-3-13)29(22,26)27/h2-7,10,12,23H,8-9H2,1H3,(H,24,25)(H2,22,26,27)/b14-12-. The minimum absolute atomic E-state index is 0.0361. The SMILES string of the molecule is COc1ccc(Cl)cc1NC(=O)/C(C#N)=C\NCCc1ccc(S(N)(=O)=O)cc1. The van der Waals surface area contributed by atoms with Gasteiger partial charge in [0.2, 0.25) is 10.0 Å². The van der Waals surface area contributed by atoms with Crippen LogP contribution in [-0.2, 0) is 21.2 Å². The number of hydrogen-bond acceptors (Lipinski definition) is 6. The molecular weight excluding hydrogens is 416 g/mol. The lowest BCUT2D eigenvalue weighted by atomic mass is 10.1. The average molecular weight is 435 g/mol. The van der Waals surface area contributed by atoms with Gasteiger partial charge in [-0.3, -0.25) is 4.79 Å². The summed E-state index contributed by atoms with van der Waals surface area (Å²) in [7, 11) is -2.27. The quantitative estimate of drug-likeness (QED) is 0.331. The van der Waals surface area contributed by atoms with Gasteiger partial charge in [0.25, 0.3) is 5.91 Å². The Bertz CT molecular complexity index is 1060. The molecule has 8 nitrogen and oxygen atoms in total. The normalized spacial score (nSPS) is 11.4. The molecule has 0 atom stereocenters. The van der Waals surface area contributed by atoms with E-state index in [1.165, 1.54) is 31.5 Å². The van der Waals surface area contributed by atoms with E-state index in [9.17, 15) is 18.5 Å². The summed E-state index contributed by atoms with van der Waals surface area (Å²) in [6.07, 6.45) is 1.86. The van der Waals surface area contributed by atoms with Crippen LogP contribution in [0.3, 0.4) is 0 Å². The summed E-state index contributed by atoms with van der Waals surface area (Å²) in [4.78, 5) is 12.3. The van der Waals surface area contributed by atoms with Crippen LogP contribution in [0.5, 0.6) is 5.75 Å². The van der Waals surface area contributed by atoms with E-state index in [0.29, 0.717) is 29.4 Å². The first-order chi connectivity index (χ1) is 13.7. The highest BCUT2D eigenvalue weighted by atomic mass is 35.5. The number of benzene rings is 2. The summed E-state index contributed by atoms with van der Waals surface area (Å²) in [6.45, 7) is 0.424. The van der Waals surface area contributed by atoms with Crippen LogP contribution >= 0.6 is 11.6 Å². The summed E-state index contributed by atoms with van der Waals surface area (Å²) in [5, 5.41) is 20.2. The highest BCUT2D eigenvalue weighted by molar-refractivity contribution is 7.89. The minimum Gasteiger partial charge on any atom is -0.495 e. The van der Waals surface area contributed by atoms with Crippen LogP contribution in [0.25, 0.3) is 0 Å². The van der Waals surface area contributed by atoms with E-state index < -0.39 is 15.9 Å². The second-order valence-corrected chi connectivity index (χ2v) is 7.86. The van der Waals surface area contributed by atoms with Crippen LogP contribution in [0.1, 0.15) is 5.56 Å². The van der Waals surface area contributed by atoms with Crippen molar-refractivity contribution in [2.75, 3.05) is 19.0 Å². The highest BCUT2D eigenvalue weighted by Crippen LogP contribution is 2.27. The van der Waals surface area contributed by atoms with Gasteiger partial charge >= 0.3 is 0 Å². The number of methoxy groups -OCH3 is 1. The maximum absolute atomic E-state index is 12.3. The van der Waals surface area contributed by atoms with Gasteiger partial charge in [-0.15, -0.1) is 0 Å². The molecule has 152 valence electrons. The summed E-state index contributed by atoms with van der Waals surface area (Å²) in [6, 6.07) is 12.7. The minimum atomic E-state index is -3.73. The molecule has 0 unspecified atom stereocenters. The van der Waals surface area contributed by atoms with Crippen LogP contribution in [-0.4, -0.2) is 28.0 Å². The zero-order valence-corrected chi connectivity index (χ0v) is 17.0. The van der Waals surface area contributed by atoms with E-state index in [-0.39, 0.29) is 10.5 Å². The number of nitrogens with one attached hydrogen (secondary N) is 2. The predicted molar refractivity (Wildman–Crippen MR) is 110 cm³/mol. The molecule has 0 aliphatic carbocycles. The molecule has 2 aromatic rings. The molecule has 4 N–H and O–H groups in total. The van der Waals surface area contributed by atoms with E-state index in [2.05, 4.69) is 10.6 Å². The molecule has 2 aromatic carbocycles. The molecule has 2 rings (SSSR count). The predicted octanol–water partition coefficient (Wildman–Crippen LogP) is 2.17. The molecule has 0 aromatic heterocycles. The Morgan fingerprint density at radius 1 is 1.28 bits per heavy atom. The third kappa shape index (κ3) is 6.50. The fraction of sp³-hybridized carbons (Fsp3) is 0.158. The number of primary sulfonamides is 1. The number of nitriles is 1. The molecule has 0 spiro atoms. The van der Waals surface area contributed by atoms with Crippen LogP contribution in [0.15, 0.2) is 59.1 Å². The monoisotopic (exact) mass is 434 g/mol. The van der Waals surface area contributed by atoms with Gasteiger partial charge in [-0.05, 0) is 42.3 Å². The second kappa shape index (κ2) is 9.93. The number of hydrogen-bond donors (Lipinski definition) is 3. The smallest absolute Gasteiger partial charge is 0.267 e. The molecule has 0 fully saturated rings. The number of nitrogens with two attached hydrogens (primary N) is 1. The van der Waals surface area contributed by atoms with Crippen LogP contribution in [0.2, 0.25) is 5.02 Å². The van der Waals surface area contributed by atoms with Gasteiger partial charge in [0, 0.05) is 17.8 Å². The molecule has 0 bridgehead atoms. The maximum Gasteiger partial charge on any atom is 0.267 e. The van der Waals surface area contributed by atoms with Gasteiger partial charge in [0.15, 0.2) is 0 Å². The fourth-order valence-corrected chi connectivity index (χ4v) is 3.04. The van der Waals surface area contributed by atoms with Crippen molar-refractivity contribution in [1.82, 2.24) is 5.32 Å². The maximum atomic E-state index is 12.3. The first-order valence-electron chi connectivity index (χ1n) is 8.35. The van der Waals surface area contributed by atoms with Crippen molar-refractivity contribution >= 4 is 33.2 Å². The average Bonchev–Trinajstić information content (AvgIpc) is 2.68. The van der Waals surface area contributed by atoms with Crippen molar-refractivity contribution in [3.63, 3.8) is 0 Å². The Hall–Kier alpha value is -3.06. The van der Waals surface area contributed by atoms with Gasteiger partial charge in [-0.2, -0.15) is 5.26 Å². The van der Waals surface area contributed by atoms with Crippen LogP contribution < -0.4 is 20.5 Å². The molecule has 0 aliphatic rings. The van der Waals surface area contributed by atoms with Gasteiger partial charge in [-0.1, -0.05) is 23.7 Å². The number of anilines is 1. The Kier molecular flexibility index (Phi) is 7.61. The van der Waals surface area contributed by atoms with Gasteiger partial charge in [0.05, 0.1) is 17.7 Å². The van der Waals surface area contributed by atoms with E-state index in [4.69, 9.17) is 21.5 Å². The summed E-state index contributed by atoms with van der Waals surface area (Å²) >= 11 is 5.93. The number of carbonyl (C=O) groups is 1. The fourth-order valence-electron chi connectivity index (χ4n) is 2.35. The number of rotatable bonds is 8. The number of ether oxygens (including phenoxy) is 1. The number of amides is 1. The van der Waals surface area contributed by atoms with Gasteiger partial charge in [-0.25, -0.2) is 13.6 Å². The van der Waals surface area contributed by atoms with Crippen molar-refractivity contribution in [3.8, 4) is 11.8 Å². The second-order valence-electron chi connectivity index (χ2n) is 5.86. The van der Waals surface area contributed by atoms with Crippen molar-refractivity contribution < 1.29 is 17.9 Å². The van der Waals surface area contributed by atoms with Crippen molar-refractivity contribution in [2.24, 2.45) is 5.14 Å². The zero-order valence-electron chi connectivity index (χ0n) is 15.5. The molecule has 0 saturated heterocycles. The molecule has 0 radical (unpaired) electrons. The van der Waals surface area contributed by atoms with E-state index in [0.717, 1.165) is 5.56 Å². The topological polar surface area (TPSA) is 134 Å². The molecule has 1 amide bonds. The van der Waals surface area contributed by atoms with E-state index >= 15 is 0 Å². The Balaban J connectivity index is 1.95. The molecule has 0 saturated carbocycles.